The van der Waals surface area contributed by atoms with Crippen LogP contribution >= 0.6 is 0 Å². The number of hydrogen-bond donors (Lipinski definition) is 0. The van der Waals surface area contributed by atoms with Crippen LogP contribution in [-0.4, -0.2) is 55.5 Å². The van der Waals surface area contributed by atoms with Crippen molar-refractivity contribution >= 4 is 0 Å². The van der Waals surface area contributed by atoms with Gasteiger partial charge in [-0.25, -0.2) is 14.6 Å². The molecule has 0 atom stereocenters. The van der Waals surface area contributed by atoms with Crippen LogP contribution in [-0.2, 0) is 30.8 Å². The van der Waals surface area contributed by atoms with Crippen LogP contribution in [0.15, 0.2) is 12.4 Å². The number of imidazole rings is 1. The summed E-state index contributed by atoms with van der Waals surface area (Å²) in [6.07, 6.45) is 7.01. The molecule has 0 amide bonds. The molecule has 2 aliphatic heterocycles. The molecule has 1 fully saturated rings. The Labute approximate surface area is 142 Å². The van der Waals surface area contributed by atoms with Crippen molar-refractivity contribution in [1.29, 1.82) is 0 Å². The molecule has 2 aromatic heterocycles. The lowest BCUT2D eigenvalue weighted by atomic mass is 10.00. The molecule has 4 rings (SSSR count). The van der Waals surface area contributed by atoms with Gasteiger partial charge in [-0.15, -0.1) is 0 Å². The highest BCUT2D eigenvalue weighted by Crippen LogP contribution is 2.25. The lowest BCUT2D eigenvalue weighted by Gasteiger charge is -2.20. The van der Waals surface area contributed by atoms with E-state index in [4.69, 9.17) is 14.8 Å². The fourth-order valence-electron chi connectivity index (χ4n) is 3.63. The monoisotopic (exact) mass is 330 g/mol. The van der Waals surface area contributed by atoms with Crippen molar-refractivity contribution in [3.63, 3.8) is 0 Å². The Kier molecular flexibility index (Phi) is 4.62. The summed E-state index contributed by atoms with van der Waals surface area (Å²) < 4.78 is 9.78. The van der Waals surface area contributed by atoms with Gasteiger partial charge in [-0.05, 0) is 19.8 Å². The number of fused-ring (bicyclic) bond motifs is 1. The fraction of sp³-hybridized carbons (Fsp3) is 0.706. The van der Waals surface area contributed by atoms with Gasteiger partial charge in [0, 0.05) is 57.6 Å². The smallest absolute Gasteiger partial charge is 0.154 e. The second-order valence-corrected chi connectivity index (χ2v) is 6.65. The summed E-state index contributed by atoms with van der Waals surface area (Å²) in [5.41, 5.74) is 0. The molecule has 0 aliphatic carbocycles. The Morgan fingerprint density at radius 1 is 1.21 bits per heavy atom. The molecule has 0 bridgehead atoms. The zero-order valence-electron chi connectivity index (χ0n) is 14.4. The van der Waals surface area contributed by atoms with Crippen LogP contribution in [0.4, 0.5) is 0 Å². The topological polar surface area (TPSA) is 61.0 Å². The van der Waals surface area contributed by atoms with Gasteiger partial charge < -0.3 is 9.30 Å². The third-order valence-electron chi connectivity index (χ3n) is 5.14. The zero-order chi connectivity index (χ0) is 16.4. The molecule has 0 N–H and O–H groups in total. The lowest BCUT2D eigenvalue weighted by Crippen LogP contribution is -2.28. The van der Waals surface area contributed by atoms with Gasteiger partial charge in [0.15, 0.2) is 5.82 Å². The van der Waals surface area contributed by atoms with Crippen LogP contribution in [0.2, 0.25) is 0 Å². The number of rotatable bonds is 4. The minimum absolute atomic E-state index is 0.478. The number of nitrogens with zero attached hydrogens (tertiary/aromatic N) is 6. The van der Waals surface area contributed by atoms with Crippen LogP contribution in [0, 0.1) is 0 Å². The van der Waals surface area contributed by atoms with E-state index in [0.29, 0.717) is 5.92 Å². The van der Waals surface area contributed by atoms with Crippen molar-refractivity contribution in [1.82, 2.24) is 29.2 Å². The van der Waals surface area contributed by atoms with Gasteiger partial charge >= 0.3 is 0 Å². The van der Waals surface area contributed by atoms with Crippen molar-refractivity contribution in [2.24, 2.45) is 0 Å². The summed E-state index contributed by atoms with van der Waals surface area (Å²) in [7, 11) is 0. The molecule has 0 aromatic carbocycles. The minimum atomic E-state index is 0.478. The van der Waals surface area contributed by atoms with Crippen LogP contribution < -0.4 is 0 Å². The normalized spacial score (nSPS) is 20.0. The van der Waals surface area contributed by atoms with E-state index in [-0.39, 0.29) is 0 Å². The van der Waals surface area contributed by atoms with E-state index in [2.05, 4.69) is 32.3 Å². The number of hydrogen-bond acceptors (Lipinski definition) is 5. The van der Waals surface area contributed by atoms with Gasteiger partial charge in [0.05, 0.1) is 13.1 Å². The first-order chi connectivity index (χ1) is 11.8. The van der Waals surface area contributed by atoms with Crippen molar-refractivity contribution < 1.29 is 4.74 Å². The molecular weight excluding hydrogens is 304 g/mol. The van der Waals surface area contributed by atoms with E-state index in [9.17, 15) is 0 Å². The van der Waals surface area contributed by atoms with Crippen molar-refractivity contribution in [2.75, 3.05) is 26.3 Å². The Morgan fingerprint density at radius 2 is 2.08 bits per heavy atom. The van der Waals surface area contributed by atoms with Crippen molar-refractivity contribution in [2.45, 2.75) is 51.7 Å². The minimum Gasteiger partial charge on any atom is -0.381 e. The Morgan fingerprint density at radius 3 is 2.92 bits per heavy atom. The van der Waals surface area contributed by atoms with Gasteiger partial charge in [-0.2, -0.15) is 5.10 Å². The van der Waals surface area contributed by atoms with Crippen molar-refractivity contribution in [3.8, 4) is 0 Å². The largest absolute Gasteiger partial charge is 0.381 e. The maximum absolute atomic E-state index is 5.45. The standard InChI is InChI=1S/C17H26N6O/c1-2-22-8-6-18-16(22)13-21-7-3-15-19-17(20-23(15)10-9-21)14-4-11-24-12-5-14/h6,8,14H,2-5,7,9-13H2,1H3. The van der Waals surface area contributed by atoms with Crippen LogP contribution in [0.3, 0.4) is 0 Å². The Bertz CT molecular complexity index is 647. The molecule has 130 valence electrons. The molecule has 0 unspecified atom stereocenters. The quantitative estimate of drug-likeness (QED) is 0.849. The van der Waals surface area contributed by atoms with Gasteiger partial charge in [-0.3, -0.25) is 4.90 Å². The van der Waals surface area contributed by atoms with E-state index in [1.165, 1.54) is 0 Å². The zero-order valence-corrected chi connectivity index (χ0v) is 14.4. The maximum Gasteiger partial charge on any atom is 0.154 e. The highest BCUT2D eigenvalue weighted by atomic mass is 16.5. The molecular formula is C17H26N6O. The van der Waals surface area contributed by atoms with Gasteiger partial charge in [0.1, 0.15) is 11.6 Å². The van der Waals surface area contributed by atoms with Gasteiger partial charge in [0.25, 0.3) is 0 Å². The molecule has 7 heteroatoms. The second-order valence-electron chi connectivity index (χ2n) is 6.65. The predicted molar refractivity (Wildman–Crippen MR) is 89.7 cm³/mol. The molecule has 0 radical (unpaired) electrons. The fourth-order valence-corrected chi connectivity index (χ4v) is 3.63. The van der Waals surface area contributed by atoms with E-state index < -0.39 is 0 Å². The highest BCUT2D eigenvalue weighted by Gasteiger charge is 2.24. The van der Waals surface area contributed by atoms with Crippen LogP contribution in [0.1, 0.15) is 43.2 Å². The van der Waals surface area contributed by atoms with E-state index in [1.54, 1.807) is 0 Å². The first-order valence-corrected chi connectivity index (χ1v) is 9.07. The predicted octanol–water partition coefficient (Wildman–Crippen LogP) is 1.45. The Hall–Kier alpha value is -1.73. The van der Waals surface area contributed by atoms with E-state index in [0.717, 1.165) is 82.7 Å². The number of aromatic nitrogens is 5. The second kappa shape index (κ2) is 7.03. The Balaban J connectivity index is 1.40. The summed E-state index contributed by atoms with van der Waals surface area (Å²) in [6.45, 7) is 8.64. The average molecular weight is 330 g/mol. The molecule has 0 saturated carbocycles. The van der Waals surface area contributed by atoms with E-state index >= 15 is 0 Å². The summed E-state index contributed by atoms with van der Waals surface area (Å²) in [5.74, 6) is 3.79. The molecule has 24 heavy (non-hydrogen) atoms. The lowest BCUT2D eigenvalue weighted by molar-refractivity contribution is 0.0835. The molecule has 2 aromatic rings. The molecule has 0 spiro atoms. The number of ether oxygens (including phenoxy) is 1. The SMILES string of the molecule is CCn1ccnc1CN1CCc2nc(C3CCOCC3)nn2CC1. The molecule has 1 saturated heterocycles. The molecule has 7 nitrogen and oxygen atoms in total. The molecule has 4 heterocycles. The summed E-state index contributed by atoms with van der Waals surface area (Å²) in [6, 6.07) is 0. The van der Waals surface area contributed by atoms with Gasteiger partial charge in [0.2, 0.25) is 0 Å². The summed E-state index contributed by atoms with van der Waals surface area (Å²) in [4.78, 5) is 11.8. The van der Waals surface area contributed by atoms with E-state index in [1.807, 2.05) is 6.20 Å². The van der Waals surface area contributed by atoms with Gasteiger partial charge in [-0.1, -0.05) is 0 Å². The number of aryl methyl sites for hydroxylation is 1. The first kappa shape index (κ1) is 15.8. The summed E-state index contributed by atoms with van der Waals surface area (Å²) >= 11 is 0. The highest BCUT2D eigenvalue weighted by molar-refractivity contribution is 5.02. The molecule has 2 aliphatic rings. The average Bonchev–Trinajstić information content (AvgIpc) is 3.20. The third kappa shape index (κ3) is 3.23. The van der Waals surface area contributed by atoms with Crippen LogP contribution in [0.5, 0.6) is 0 Å². The van der Waals surface area contributed by atoms with Crippen molar-refractivity contribution in [3.05, 3.63) is 29.9 Å². The van der Waals surface area contributed by atoms with Crippen LogP contribution in [0.25, 0.3) is 0 Å². The third-order valence-corrected chi connectivity index (χ3v) is 5.14. The first-order valence-electron chi connectivity index (χ1n) is 9.07. The summed E-state index contributed by atoms with van der Waals surface area (Å²) in [5, 5.41) is 4.80. The maximum atomic E-state index is 5.45.